The van der Waals surface area contributed by atoms with Crippen LogP contribution in [0.3, 0.4) is 0 Å². The van der Waals surface area contributed by atoms with Gasteiger partial charge < -0.3 is 24.3 Å². The maximum atomic E-state index is 12.8. The average molecular weight is 453 g/mol. The molecule has 0 aliphatic rings. The van der Waals surface area contributed by atoms with Crippen LogP contribution in [-0.2, 0) is 9.53 Å². The first-order chi connectivity index (χ1) is 15.4. The lowest BCUT2D eigenvalue weighted by Crippen LogP contribution is -2.48. The molecule has 0 aliphatic carbocycles. The van der Waals surface area contributed by atoms with Crippen molar-refractivity contribution < 1.29 is 28.6 Å². The summed E-state index contributed by atoms with van der Waals surface area (Å²) in [4.78, 5) is 37.5. The minimum atomic E-state index is -1.000. The number of phenols is 1. The van der Waals surface area contributed by atoms with Crippen molar-refractivity contribution in [3.05, 3.63) is 58.8 Å². The van der Waals surface area contributed by atoms with E-state index in [0.717, 1.165) is 6.07 Å². The molecule has 0 saturated heterocycles. The first kappa shape index (κ1) is 23.8. The zero-order chi connectivity index (χ0) is 24.3. The number of esters is 1. The molecule has 33 heavy (non-hydrogen) atoms. The highest BCUT2D eigenvalue weighted by atomic mass is 16.6. The Balaban J connectivity index is 1.90. The normalized spacial score (nSPS) is 12.4. The van der Waals surface area contributed by atoms with Crippen LogP contribution in [0.4, 0.5) is 4.79 Å². The Bertz CT molecular complexity index is 1220. The van der Waals surface area contributed by atoms with Gasteiger partial charge in [-0.25, -0.2) is 9.59 Å². The summed E-state index contributed by atoms with van der Waals surface area (Å²) in [6.45, 7) is 8.62. The van der Waals surface area contributed by atoms with Gasteiger partial charge in [0.25, 0.3) is 0 Å². The summed E-state index contributed by atoms with van der Waals surface area (Å²) in [6, 6.07) is 11.8. The molecule has 2 N–H and O–H groups in total. The predicted molar refractivity (Wildman–Crippen MR) is 123 cm³/mol. The van der Waals surface area contributed by atoms with Gasteiger partial charge in [0, 0.05) is 23.8 Å². The molecular formula is C25H27NO7. The summed E-state index contributed by atoms with van der Waals surface area (Å²) >= 11 is 0. The number of carbonyl (C=O) groups excluding carboxylic acids is 2. The Morgan fingerprint density at radius 2 is 1.73 bits per heavy atom. The smallest absolute Gasteiger partial charge is 0.408 e. The van der Waals surface area contributed by atoms with Crippen LogP contribution >= 0.6 is 0 Å². The highest BCUT2D eigenvalue weighted by molar-refractivity contribution is 5.88. The molecule has 0 bridgehead atoms. The average Bonchev–Trinajstić information content (AvgIpc) is 2.70. The van der Waals surface area contributed by atoms with E-state index >= 15 is 0 Å². The molecule has 1 atom stereocenters. The molecule has 1 heterocycles. The van der Waals surface area contributed by atoms with Gasteiger partial charge in [0.2, 0.25) is 0 Å². The Kier molecular flexibility index (Phi) is 6.76. The van der Waals surface area contributed by atoms with Crippen molar-refractivity contribution in [1.29, 1.82) is 0 Å². The zero-order valence-electron chi connectivity index (χ0n) is 19.2. The van der Waals surface area contributed by atoms with Gasteiger partial charge in [-0.15, -0.1) is 0 Å². The van der Waals surface area contributed by atoms with Gasteiger partial charge in [-0.2, -0.15) is 0 Å². The van der Waals surface area contributed by atoms with Crippen molar-refractivity contribution in [2.45, 2.75) is 46.3 Å². The van der Waals surface area contributed by atoms with Gasteiger partial charge >= 0.3 is 12.1 Å². The Morgan fingerprint density at radius 1 is 1.06 bits per heavy atom. The number of rotatable bonds is 5. The number of amides is 1. The maximum Gasteiger partial charge on any atom is 0.408 e. The second kappa shape index (κ2) is 9.36. The van der Waals surface area contributed by atoms with Crippen molar-refractivity contribution >= 4 is 23.0 Å². The fraction of sp³-hybridized carbons (Fsp3) is 0.320. The number of alkyl carbamates (subject to hydrolysis) is 1. The molecule has 3 aromatic rings. The highest BCUT2D eigenvalue weighted by Gasteiger charge is 2.29. The monoisotopic (exact) mass is 453 g/mol. The largest absolute Gasteiger partial charge is 0.507 e. The lowest BCUT2D eigenvalue weighted by atomic mass is 10.1. The van der Waals surface area contributed by atoms with Crippen LogP contribution in [0.25, 0.3) is 22.3 Å². The number of benzene rings is 2. The summed E-state index contributed by atoms with van der Waals surface area (Å²) in [5.41, 5.74) is -0.421. The first-order valence-electron chi connectivity index (χ1n) is 10.5. The lowest BCUT2D eigenvalue weighted by Gasteiger charge is -2.24. The van der Waals surface area contributed by atoms with Crippen molar-refractivity contribution in [2.24, 2.45) is 5.92 Å². The van der Waals surface area contributed by atoms with Gasteiger partial charge in [-0.1, -0.05) is 44.2 Å². The van der Waals surface area contributed by atoms with E-state index in [-0.39, 0.29) is 28.4 Å². The molecule has 174 valence electrons. The van der Waals surface area contributed by atoms with E-state index in [1.165, 1.54) is 12.1 Å². The van der Waals surface area contributed by atoms with E-state index in [4.69, 9.17) is 13.9 Å². The van der Waals surface area contributed by atoms with Crippen molar-refractivity contribution in [3.63, 3.8) is 0 Å². The molecule has 0 aliphatic heterocycles. The third-order valence-electron chi connectivity index (χ3n) is 4.65. The molecule has 1 aromatic heterocycles. The predicted octanol–water partition coefficient (Wildman–Crippen LogP) is 4.62. The van der Waals surface area contributed by atoms with E-state index in [2.05, 4.69) is 5.32 Å². The number of hydrogen-bond acceptors (Lipinski definition) is 7. The summed E-state index contributed by atoms with van der Waals surface area (Å²) in [5.74, 6) is -1.17. The summed E-state index contributed by atoms with van der Waals surface area (Å²) in [5, 5.41) is 12.9. The molecule has 3 rings (SSSR count). The summed E-state index contributed by atoms with van der Waals surface area (Å²) in [7, 11) is 0. The molecule has 0 radical (unpaired) electrons. The molecule has 0 unspecified atom stereocenters. The van der Waals surface area contributed by atoms with Crippen LogP contribution in [0.1, 0.15) is 34.6 Å². The molecule has 8 heteroatoms. The third kappa shape index (κ3) is 5.91. The number of carbonyl (C=O) groups is 2. The van der Waals surface area contributed by atoms with Gasteiger partial charge in [0.15, 0.2) is 5.43 Å². The number of aromatic hydroxyl groups is 1. The summed E-state index contributed by atoms with van der Waals surface area (Å²) in [6.07, 6.45) is -0.752. The fourth-order valence-electron chi connectivity index (χ4n) is 3.16. The van der Waals surface area contributed by atoms with Crippen molar-refractivity contribution in [1.82, 2.24) is 5.32 Å². The number of ether oxygens (including phenoxy) is 2. The van der Waals surface area contributed by atoms with E-state index in [0.29, 0.717) is 11.3 Å². The van der Waals surface area contributed by atoms with Crippen LogP contribution in [0.15, 0.2) is 57.7 Å². The van der Waals surface area contributed by atoms with Crippen LogP contribution in [-0.4, -0.2) is 28.8 Å². The molecular weight excluding hydrogens is 426 g/mol. The zero-order valence-corrected chi connectivity index (χ0v) is 19.2. The van der Waals surface area contributed by atoms with E-state index < -0.39 is 29.1 Å². The molecule has 0 saturated carbocycles. The second-order valence-electron chi connectivity index (χ2n) is 8.95. The topological polar surface area (TPSA) is 115 Å². The molecule has 0 fully saturated rings. The SMILES string of the molecule is CC(C)[C@@H](NC(=O)OC(C)(C)C)C(=O)Oc1cc(O)c2c(=O)cc(-c3ccccc3)oc2c1. The Labute approximate surface area is 191 Å². The van der Waals surface area contributed by atoms with Crippen LogP contribution < -0.4 is 15.5 Å². The fourth-order valence-corrected chi connectivity index (χ4v) is 3.16. The molecule has 1 amide bonds. The molecule has 0 spiro atoms. The van der Waals surface area contributed by atoms with Crippen LogP contribution in [0, 0.1) is 5.92 Å². The Morgan fingerprint density at radius 3 is 2.33 bits per heavy atom. The lowest BCUT2D eigenvalue weighted by molar-refractivity contribution is -0.137. The van der Waals surface area contributed by atoms with E-state index in [1.807, 2.05) is 6.07 Å². The van der Waals surface area contributed by atoms with Crippen LogP contribution in [0.2, 0.25) is 0 Å². The van der Waals surface area contributed by atoms with Crippen LogP contribution in [0.5, 0.6) is 11.5 Å². The van der Waals surface area contributed by atoms with Crippen molar-refractivity contribution in [2.75, 3.05) is 0 Å². The number of fused-ring (bicyclic) bond motifs is 1. The number of phenolic OH excluding ortho intramolecular Hbond substituents is 1. The van der Waals surface area contributed by atoms with Gasteiger partial charge in [-0.05, 0) is 26.7 Å². The van der Waals surface area contributed by atoms with Crippen molar-refractivity contribution in [3.8, 4) is 22.8 Å². The minimum absolute atomic E-state index is 0.0261. The maximum absolute atomic E-state index is 12.8. The molecule has 8 nitrogen and oxygen atoms in total. The first-order valence-corrected chi connectivity index (χ1v) is 10.5. The van der Waals surface area contributed by atoms with Gasteiger partial charge in [0.1, 0.15) is 39.9 Å². The highest BCUT2D eigenvalue weighted by Crippen LogP contribution is 2.31. The minimum Gasteiger partial charge on any atom is -0.507 e. The quantitative estimate of drug-likeness (QED) is 0.428. The van der Waals surface area contributed by atoms with Gasteiger partial charge in [0.05, 0.1) is 0 Å². The Hall–Kier alpha value is -3.81. The number of hydrogen-bond donors (Lipinski definition) is 2. The van der Waals surface area contributed by atoms with Gasteiger partial charge in [-0.3, -0.25) is 4.79 Å². The number of nitrogens with one attached hydrogen (secondary N) is 1. The molecule has 2 aromatic carbocycles. The third-order valence-corrected chi connectivity index (χ3v) is 4.65. The van der Waals surface area contributed by atoms with E-state index in [1.54, 1.807) is 58.9 Å². The van der Waals surface area contributed by atoms with E-state index in [9.17, 15) is 19.5 Å². The summed E-state index contributed by atoms with van der Waals surface area (Å²) < 4.78 is 16.4. The standard InChI is InChI=1S/C25H27NO7/c1-14(2)22(26-24(30)33-25(3,4)5)23(29)31-16-11-17(27)21-18(28)13-19(32-20(21)12-16)15-9-7-6-8-10-15/h6-14,22,27H,1-5H3,(H,26,30)/t22-/m1/s1. The second-order valence-corrected chi connectivity index (χ2v) is 8.95.